The van der Waals surface area contributed by atoms with Gasteiger partial charge in [-0.15, -0.1) is 0 Å². The average Bonchev–Trinajstić information content (AvgIpc) is 2.05. The Bertz CT molecular complexity index is 260. The molecule has 0 aliphatic rings. The lowest BCUT2D eigenvalue weighted by Gasteiger charge is -1.91. The van der Waals surface area contributed by atoms with Crippen LogP contribution in [-0.4, -0.2) is 10.9 Å². The van der Waals surface area contributed by atoms with Gasteiger partial charge < -0.3 is 0 Å². The molecule has 0 bridgehead atoms. The fourth-order valence-corrected chi connectivity index (χ4v) is 0.637. The Balaban J connectivity index is 3.08. The molecule has 10 heavy (non-hydrogen) atoms. The molecular formula is C8H7NO. The Hall–Kier alpha value is -1.40. The maximum Gasteiger partial charge on any atom is 0.129 e. The van der Waals surface area contributed by atoms with E-state index in [9.17, 15) is 4.79 Å². The summed E-state index contributed by atoms with van der Waals surface area (Å²) in [6.45, 7) is 1.69. The van der Waals surface area contributed by atoms with Crippen LogP contribution >= 0.6 is 0 Å². The van der Waals surface area contributed by atoms with Crippen LogP contribution in [0.1, 0.15) is 12.6 Å². The van der Waals surface area contributed by atoms with Crippen LogP contribution < -0.4 is 0 Å². The minimum absolute atomic E-state index is 0.542. The molecule has 0 amide bonds. The van der Waals surface area contributed by atoms with E-state index in [4.69, 9.17) is 0 Å². The van der Waals surface area contributed by atoms with Crippen molar-refractivity contribution in [1.29, 1.82) is 0 Å². The Morgan fingerprint density at radius 1 is 1.60 bits per heavy atom. The molecule has 0 saturated heterocycles. The number of hydrogen-bond donors (Lipinski definition) is 0. The Labute approximate surface area is 59.2 Å². The largest absolute Gasteiger partial charge is 0.256 e. The van der Waals surface area contributed by atoms with Crippen molar-refractivity contribution in [2.75, 3.05) is 0 Å². The van der Waals surface area contributed by atoms with Crippen molar-refractivity contribution in [3.05, 3.63) is 30.1 Å². The molecule has 1 rings (SSSR count). The standard InChI is InChI=1S/C8H7NO/c1-7(6-10)8-4-2-3-5-9-8/h2-5H,1H3. The quantitative estimate of drug-likeness (QED) is 0.541. The number of nitrogens with zero attached hydrogens (tertiary/aromatic N) is 1. The third-order valence-electron chi connectivity index (χ3n) is 1.20. The molecule has 2 heteroatoms. The fourth-order valence-electron chi connectivity index (χ4n) is 0.637. The van der Waals surface area contributed by atoms with Crippen LogP contribution in [0.5, 0.6) is 0 Å². The first kappa shape index (κ1) is 6.72. The Kier molecular flexibility index (Phi) is 1.98. The van der Waals surface area contributed by atoms with E-state index >= 15 is 0 Å². The summed E-state index contributed by atoms with van der Waals surface area (Å²) in [6, 6.07) is 5.42. The minimum Gasteiger partial charge on any atom is -0.256 e. The normalized spacial score (nSPS) is 8.50. The first-order valence-electron chi connectivity index (χ1n) is 2.97. The average molecular weight is 133 g/mol. The highest BCUT2D eigenvalue weighted by Gasteiger charge is 1.93. The van der Waals surface area contributed by atoms with Gasteiger partial charge in [-0.1, -0.05) is 6.07 Å². The molecule has 0 radical (unpaired) electrons. The summed E-state index contributed by atoms with van der Waals surface area (Å²) < 4.78 is 0. The second-order valence-electron chi connectivity index (χ2n) is 1.94. The van der Waals surface area contributed by atoms with Crippen LogP contribution in [0.15, 0.2) is 24.4 Å². The van der Waals surface area contributed by atoms with Crippen LogP contribution in [0.4, 0.5) is 0 Å². The summed E-state index contributed by atoms with van der Waals surface area (Å²) in [5, 5.41) is 0. The maximum absolute atomic E-state index is 10.1. The summed E-state index contributed by atoms with van der Waals surface area (Å²) in [5.74, 6) is 1.79. The number of aromatic nitrogens is 1. The van der Waals surface area contributed by atoms with Gasteiger partial charge in [0.25, 0.3) is 0 Å². The van der Waals surface area contributed by atoms with Crippen molar-refractivity contribution in [2.45, 2.75) is 6.92 Å². The third-order valence-corrected chi connectivity index (χ3v) is 1.20. The zero-order valence-corrected chi connectivity index (χ0v) is 5.66. The Morgan fingerprint density at radius 3 is 2.90 bits per heavy atom. The van der Waals surface area contributed by atoms with Gasteiger partial charge in [0.2, 0.25) is 0 Å². The fraction of sp³-hybridized carbons (Fsp3) is 0.125. The molecule has 1 aromatic heterocycles. The highest BCUT2D eigenvalue weighted by molar-refractivity contribution is 5.84. The Morgan fingerprint density at radius 2 is 2.40 bits per heavy atom. The van der Waals surface area contributed by atoms with E-state index in [1.807, 2.05) is 12.1 Å². The van der Waals surface area contributed by atoms with Gasteiger partial charge in [0.05, 0.1) is 11.3 Å². The molecular weight excluding hydrogens is 126 g/mol. The molecule has 0 fully saturated rings. The van der Waals surface area contributed by atoms with Crippen LogP contribution in [-0.2, 0) is 4.79 Å². The van der Waals surface area contributed by atoms with Crippen LogP contribution in [0.2, 0.25) is 0 Å². The van der Waals surface area contributed by atoms with E-state index < -0.39 is 0 Å². The van der Waals surface area contributed by atoms with Crippen molar-refractivity contribution in [3.63, 3.8) is 0 Å². The van der Waals surface area contributed by atoms with E-state index in [2.05, 4.69) is 4.98 Å². The zero-order valence-electron chi connectivity index (χ0n) is 5.66. The number of hydrogen-bond acceptors (Lipinski definition) is 2. The molecule has 0 N–H and O–H groups in total. The number of pyridine rings is 1. The lowest BCUT2D eigenvalue weighted by atomic mass is 10.2. The second kappa shape index (κ2) is 2.95. The SMILES string of the molecule is CC(=C=O)c1ccccn1. The zero-order chi connectivity index (χ0) is 7.40. The summed E-state index contributed by atoms with van der Waals surface area (Å²) in [7, 11) is 0. The van der Waals surface area contributed by atoms with Gasteiger partial charge in [0.15, 0.2) is 0 Å². The molecule has 50 valence electrons. The summed E-state index contributed by atoms with van der Waals surface area (Å²) >= 11 is 0. The molecule has 0 aromatic carbocycles. The first-order valence-corrected chi connectivity index (χ1v) is 2.97. The van der Waals surface area contributed by atoms with Crippen LogP contribution in [0, 0.1) is 0 Å². The van der Waals surface area contributed by atoms with Crippen molar-refractivity contribution in [3.8, 4) is 0 Å². The molecule has 0 aliphatic heterocycles. The van der Waals surface area contributed by atoms with Crippen molar-refractivity contribution >= 4 is 11.5 Å². The predicted octanol–water partition coefficient (Wildman–Crippen LogP) is 1.32. The van der Waals surface area contributed by atoms with Crippen LogP contribution in [0.3, 0.4) is 0 Å². The van der Waals surface area contributed by atoms with Gasteiger partial charge in [-0.2, -0.15) is 0 Å². The van der Waals surface area contributed by atoms with Gasteiger partial charge in [-0.25, -0.2) is 4.79 Å². The highest BCUT2D eigenvalue weighted by atomic mass is 16.1. The van der Waals surface area contributed by atoms with Crippen molar-refractivity contribution < 1.29 is 4.79 Å². The van der Waals surface area contributed by atoms with Crippen LogP contribution in [0.25, 0.3) is 5.57 Å². The number of allylic oxidation sites excluding steroid dienone is 1. The van der Waals surface area contributed by atoms with Crippen molar-refractivity contribution in [2.24, 2.45) is 0 Å². The highest BCUT2D eigenvalue weighted by Crippen LogP contribution is 2.03. The molecule has 0 aliphatic carbocycles. The molecule has 1 heterocycles. The molecule has 0 unspecified atom stereocenters. The molecule has 0 saturated carbocycles. The molecule has 1 aromatic rings. The lowest BCUT2D eigenvalue weighted by Crippen LogP contribution is -1.82. The lowest BCUT2D eigenvalue weighted by molar-refractivity contribution is 0.569. The molecule has 2 nitrogen and oxygen atoms in total. The van der Waals surface area contributed by atoms with Gasteiger partial charge in [0, 0.05) is 6.20 Å². The predicted molar refractivity (Wildman–Crippen MR) is 39.0 cm³/mol. The monoisotopic (exact) mass is 133 g/mol. The van der Waals surface area contributed by atoms with Gasteiger partial charge in [-0.05, 0) is 19.1 Å². The van der Waals surface area contributed by atoms with Crippen molar-refractivity contribution in [1.82, 2.24) is 4.98 Å². The van der Waals surface area contributed by atoms with E-state index in [1.54, 1.807) is 25.1 Å². The minimum atomic E-state index is 0.542. The van der Waals surface area contributed by atoms with E-state index in [0.717, 1.165) is 0 Å². The maximum atomic E-state index is 10.1. The van der Waals surface area contributed by atoms with E-state index in [1.165, 1.54) is 0 Å². The molecule has 0 spiro atoms. The first-order chi connectivity index (χ1) is 4.84. The van der Waals surface area contributed by atoms with E-state index in [0.29, 0.717) is 11.3 Å². The van der Waals surface area contributed by atoms with Gasteiger partial charge in [-0.3, -0.25) is 4.98 Å². The summed E-state index contributed by atoms with van der Waals surface area (Å²) in [5.41, 5.74) is 1.23. The van der Waals surface area contributed by atoms with E-state index in [-0.39, 0.29) is 0 Å². The molecule has 0 atom stereocenters. The number of rotatable bonds is 1. The summed E-state index contributed by atoms with van der Waals surface area (Å²) in [4.78, 5) is 14.1. The van der Waals surface area contributed by atoms with Gasteiger partial charge in [0.1, 0.15) is 5.94 Å². The summed E-state index contributed by atoms with van der Waals surface area (Å²) in [6.07, 6.45) is 1.65. The second-order valence-corrected chi connectivity index (χ2v) is 1.94. The third kappa shape index (κ3) is 1.30. The topological polar surface area (TPSA) is 30.0 Å². The smallest absolute Gasteiger partial charge is 0.129 e. The van der Waals surface area contributed by atoms with Gasteiger partial charge >= 0.3 is 0 Å². The number of carbonyl (C=O) groups excluding carboxylic acids is 1.